The smallest absolute Gasteiger partial charge is 0.244 e. The van der Waals surface area contributed by atoms with Gasteiger partial charge >= 0.3 is 0 Å². The summed E-state index contributed by atoms with van der Waals surface area (Å²) in [4.78, 5) is 29.0. The minimum Gasteiger partial charge on any atom is -0.352 e. The minimum absolute atomic E-state index is 0.127. The van der Waals surface area contributed by atoms with Crippen LogP contribution in [-0.2, 0) is 32.6 Å². The van der Waals surface area contributed by atoms with Gasteiger partial charge in [0.15, 0.2) is 0 Å². The van der Waals surface area contributed by atoms with E-state index in [9.17, 15) is 18.0 Å². The molecular formula is C30H37N3O4S. The van der Waals surface area contributed by atoms with Gasteiger partial charge in [0.1, 0.15) is 12.6 Å². The molecule has 0 aliphatic rings. The quantitative estimate of drug-likeness (QED) is 0.398. The number of anilines is 1. The summed E-state index contributed by atoms with van der Waals surface area (Å²) < 4.78 is 26.8. The Hall–Kier alpha value is -3.65. The second-order valence-corrected chi connectivity index (χ2v) is 11.8. The summed E-state index contributed by atoms with van der Waals surface area (Å²) in [7, 11) is -3.79. The number of nitrogens with one attached hydrogen (secondary N) is 1. The number of benzene rings is 3. The minimum atomic E-state index is -3.79. The van der Waals surface area contributed by atoms with Crippen LogP contribution >= 0.6 is 0 Å². The van der Waals surface area contributed by atoms with Crippen LogP contribution in [0.25, 0.3) is 0 Å². The zero-order valence-electron chi connectivity index (χ0n) is 22.7. The first-order valence-electron chi connectivity index (χ1n) is 12.7. The molecular weight excluding hydrogens is 498 g/mol. The first kappa shape index (κ1) is 28.9. The van der Waals surface area contributed by atoms with E-state index >= 15 is 0 Å². The predicted molar refractivity (Wildman–Crippen MR) is 152 cm³/mol. The summed E-state index contributed by atoms with van der Waals surface area (Å²) in [6, 6.07) is 23.2. The molecule has 0 saturated carbocycles. The van der Waals surface area contributed by atoms with Crippen molar-refractivity contribution in [3.05, 3.63) is 101 Å². The van der Waals surface area contributed by atoms with Crippen molar-refractivity contribution in [1.82, 2.24) is 10.2 Å². The van der Waals surface area contributed by atoms with Crippen LogP contribution in [0.3, 0.4) is 0 Å². The molecule has 38 heavy (non-hydrogen) atoms. The molecule has 8 heteroatoms. The largest absolute Gasteiger partial charge is 0.352 e. The highest BCUT2D eigenvalue weighted by Gasteiger charge is 2.33. The van der Waals surface area contributed by atoms with E-state index in [1.165, 1.54) is 4.90 Å². The number of carbonyl (C=O) groups is 2. The van der Waals surface area contributed by atoms with Gasteiger partial charge in [0.05, 0.1) is 11.9 Å². The lowest BCUT2D eigenvalue weighted by Crippen LogP contribution is -2.54. The highest BCUT2D eigenvalue weighted by molar-refractivity contribution is 7.92. The van der Waals surface area contributed by atoms with E-state index in [1.807, 2.05) is 94.4 Å². The molecule has 0 aliphatic heterocycles. The zero-order chi connectivity index (χ0) is 27.9. The number of amides is 2. The molecule has 1 unspecified atom stereocenters. The van der Waals surface area contributed by atoms with Crippen LogP contribution in [0.5, 0.6) is 0 Å². The van der Waals surface area contributed by atoms with E-state index in [2.05, 4.69) is 5.32 Å². The van der Waals surface area contributed by atoms with E-state index in [0.29, 0.717) is 12.1 Å². The number of nitrogens with zero attached hydrogens (tertiary/aromatic N) is 2. The van der Waals surface area contributed by atoms with Gasteiger partial charge in [-0.3, -0.25) is 13.9 Å². The molecule has 3 aromatic rings. The SMILES string of the molecule is Cc1ccc(N(CC(=O)N(Cc2ccccc2)C(Cc2ccccc2)C(=O)NC(C)C)S(C)(=O)=O)cc1C. The maximum Gasteiger partial charge on any atom is 0.244 e. The summed E-state index contributed by atoms with van der Waals surface area (Å²) in [5.74, 6) is -0.748. The monoisotopic (exact) mass is 535 g/mol. The fourth-order valence-electron chi connectivity index (χ4n) is 4.21. The molecule has 202 valence electrons. The summed E-state index contributed by atoms with van der Waals surface area (Å²) >= 11 is 0. The van der Waals surface area contributed by atoms with Crippen LogP contribution in [0.1, 0.15) is 36.1 Å². The number of rotatable bonds is 11. The Kier molecular flexibility index (Phi) is 9.69. The van der Waals surface area contributed by atoms with E-state index in [1.54, 1.807) is 12.1 Å². The van der Waals surface area contributed by atoms with Gasteiger partial charge in [-0.2, -0.15) is 0 Å². The highest BCUT2D eigenvalue weighted by Crippen LogP contribution is 2.23. The number of carbonyl (C=O) groups excluding carboxylic acids is 2. The van der Waals surface area contributed by atoms with Gasteiger partial charge in [0.2, 0.25) is 21.8 Å². The molecule has 0 spiro atoms. The molecule has 0 heterocycles. The number of hydrogen-bond acceptors (Lipinski definition) is 4. The Morgan fingerprint density at radius 1 is 0.842 bits per heavy atom. The van der Waals surface area contributed by atoms with Crippen molar-refractivity contribution < 1.29 is 18.0 Å². The van der Waals surface area contributed by atoms with Gasteiger partial charge in [0, 0.05) is 19.0 Å². The van der Waals surface area contributed by atoms with E-state index < -0.39 is 28.5 Å². The molecule has 3 aromatic carbocycles. The van der Waals surface area contributed by atoms with Crippen molar-refractivity contribution in [1.29, 1.82) is 0 Å². The molecule has 1 N–H and O–H groups in total. The van der Waals surface area contributed by atoms with Crippen LogP contribution in [-0.4, -0.2) is 50.0 Å². The maximum absolute atomic E-state index is 14.0. The Balaban J connectivity index is 2.04. The Bertz CT molecular complexity index is 1340. The van der Waals surface area contributed by atoms with Crippen LogP contribution in [0, 0.1) is 13.8 Å². The summed E-state index contributed by atoms with van der Waals surface area (Å²) in [6.45, 7) is 7.31. The fourth-order valence-corrected chi connectivity index (χ4v) is 5.05. The van der Waals surface area contributed by atoms with Crippen molar-refractivity contribution in [2.75, 3.05) is 17.1 Å². The van der Waals surface area contributed by atoms with Crippen molar-refractivity contribution in [3.63, 3.8) is 0 Å². The molecule has 1 atom stereocenters. The highest BCUT2D eigenvalue weighted by atomic mass is 32.2. The molecule has 7 nitrogen and oxygen atoms in total. The molecule has 0 fully saturated rings. The third-order valence-electron chi connectivity index (χ3n) is 6.36. The van der Waals surface area contributed by atoms with Crippen LogP contribution < -0.4 is 9.62 Å². The van der Waals surface area contributed by atoms with Crippen molar-refractivity contribution >= 4 is 27.5 Å². The number of hydrogen-bond donors (Lipinski definition) is 1. The summed E-state index contributed by atoms with van der Waals surface area (Å²) in [5, 5.41) is 2.95. The molecule has 0 aliphatic carbocycles. The second-order valence-electron chi connectivity index (χ2n) is 9.91. The molecule has 0 aromatic heterocycles. The third kappa shape index (κ3) is 7.92. The van der Waals surface area contributed by atoms with Crippen LogP contribution in [0.15, 0.2) is 78.9 Å². The molecule has 2 amide bonds. The van der Waals surface area contributed by atoms with E-state index in [-0.39, 0.29) is 18.5 Å². The van der Waals surface area contributed by atoms with Gasteiger partial charge in [-0.1, -0.05) is 66.7 Å². The Morgan fingerprint density at radius 2 is 1.42 bits per heavy atom. The molecule has 3 rings (SSSR count). The molecule has 0 bridgehead atoms. The number of sulfonamides is 1. The van der Waals surface area contributed by atoms with Crippen LogP contribution in [0.4, 0.5) is 5.69 Å². The molecule has 0 saturated heterocycles. The lowest BCUT2D eigenvalue weighted by molar-refractivity contribution is -0.140. The lowest BCUT2D eigenvalue weighted by Gasteiger charge is -2.34. The van der Waals surface area contributed by atoms with Gasteiger partial charge in [0.25, 0.3) is 0 Å². The predicted octanol–water partition coefficient (Wildman–Crippen LogP) is 4.23. The first-order chi connectivity index (χ1) is 18.0. The Labute approximate surface area is 226 Å². The van der Waals surface area contributed by atoms with Crippen molar-refractivity contribution in [3.8, 4) is 0 Å². The van der Waals surface area contributed by atoms with Gasteiger partial charge < -0.3 is 10.2 Å². The summed E-state index contributed by atoms with van der Waals surface area (Å²) in [5.41, 5.74) is 4.09. The zero-order valence-corrected chi connectivity index (χ0v) is 23.5. The first-order valence-corrected chi connectivity index (χ1v) is 14.5. The lowest BCUT2D eigenvalue weighted by atomic mass is 10.0. The Morgan fingerprint density at radius 3 is 1.95 bits per heavy atom. The van der Waals surface area contributed by atoms with Gasteiger partial charge in [-0.15, -0.1) is 0 Å². The van der Waals surface area contributed by atoms with Gasteiger partial charge in [-0.25, -0.2) is 8.42 Å². The van der Waals surface area contributed by atoms with E-state index in [4.69, 9.17) is 0 Å². The average molecular weight is 536 g/mol. The van der Waals surface area contributed by atoms with Crippen LogP contribution in [0.2, 0.25) is 0 Å². The number of aryl methyl sites for hydroxylation is 2. The second kappa shape index (κ2) is 12.7. The van der Waals surface area contributed by atoms with Crippen molar-refractivity contribution in [2.24, 2.45) is 0 Å². The van der Waals surface area contributed by atoms with E-state index in [0.717, 1.165) is 32.8 Å². The van der Waals surface area contributed by atoms with Crippen molar-refractivity contribution in [2.45, 2.75) is 52.7 Å². The average Bonchev–Trinajstić information content (AvgIpc) is 2.86. The fraction of sp³-hybridized carbons (Fsp3) is 0.333. The third-order valence-corrected chi connectivity index (χ3v) is 7.50. The normalized spacial score (nSPS) is 12.2. The van der Waals surface area contributed by atoms with Gasteiger partial charge in [-0.05, 0) is 62.1 Å². The molecule has 0 radical (unpaired) electrons. The topological polar surface area (TPSA) is 86.8 Å². The maximum atomic E-state index is 14.0. The standard InChI is InChI=1S/C30H37N3O4S/c1-22(2)31-30(35)28(19-25-12-8-6-9-13-25)32(20-26-14-10-7-11-15-26)29(34)21-33(38(5,36)37)27-17-16-23(3)24(4)18-27/h6-18,22,28H,19-21H2,1-5H3,(H,31,35). The summed E-state index contributed by atoms with van der Waals surface area (Å²) in [6.07, 6.45) is 1.38.